The molecule has 0 saturated carbocycles. The van der Waals surface area contributed by atoms with Crippen LogP contribution in [0.5, 0.6) is 5.75 Å². The van der Waals surface area contributed by atoms with Gasteiger partial charge in [-0.05, 0) is 73.5 Å². The van der Waals surface area contributed by atoms with Crippen molar-refractivity contribution in [3.8, 4) is 27.4 Å². The topological polar surface area (TPSA) is 50.1 Å². The minimum absolute atomic E-state index is 0. The van der Waals surface area contributed by atoms with Gasteiger partial charge in [0.25, 0.3) is 0 Å². The van der Waals surface area contributed by atoms with Crippen LogP contribution in [0.25, 0.3) is 75.1 Å². The largest absolute Gasteiger partial charge is 1.00 e. The molecule has 0 unspecified atom stereocenters. The molecule has 0 spiro atoms. The molecule has 178 valence electrons. The van der Waals surface area contributed by atoms with Crippen molar-refractivity contribution in [2.45, 2.75) is 0 Å². The maximum absolute atomic E-state index is 12.7. The van der Waals surface area contributed by atoms with E-state index in [1.54, 1.807) is 17.4 Å². The normalized spacial score (nSPS) is 11.5. The summed E-state index contributed by atoms with van der Waals surface area (Å²) < 4.78 is 1.19. The second-order valence-corrected chi connectivity index (χ2v) is 10.6. The van der Waals surface area contributed by atoms with E-state index in [2.05, 4.69) is 83.8 Å². The van der Waals surface area contributed by atoms with Gasteiger partial charge in [-0.25, -0.2) is 9.97 Å². The third-order valence-electron chi connectivity index (χ3n) is 7.49. The van der Waals surface area contributed by atoms with Crippen molar-refractivity contribution in [3.05, 3.63) is 115 Å². The zero-order valence-corrected chi connectivity index (χ0v) is 22.0. The summed E-state index contributed by atoms with van der Waals surface area (Å²) in [4.78, 5) is 8.13. The summed E-state index contributed by atoms with van der Waals surface area (Å²) in [6.45, 7) is 0. The van der Waals surface area contributed by atoms with Crippen LogP contribution in [-0.2, 0) is 0 Å². The van der Waals surface area contributed by atoms with Gasteiger partial charge in [0.1, 0.15) is 5.01 Å². The quantitative estimate of drug-likeness (QED) is 0.184. The first-order valence-corrected chi connectivity index (χ1v) is 13.4. The van der Waals surface area contributed by atoms with Gasteiger partial charge >= 0.3 is 18.9 Å². The Morgan fingerprint density at radius 3 is 2.33 bits per heavy atom. The molecule has 0 aliphatic carbocycles. The summed E-state index contributed by atoms with van der Waals surface area (Å²) in [6.07, 6.45) is 1.81. The van der Waals surface area contributed by atoms with Crippen molar-refractivity contribution < 1.29 is 29.0 Å². The van der Waals surface area contributed by atoms with E-state index in [9.17, 15) is 5.11 Å². The Morgan fingerprint density at radius 1 is 0.615 bits per heavy atom. The maximum atomic E-state index is 12.7. The summed E-state index contributed by atoms with van der Waals surface area (Å²) in [6, 6.07) is 37.7. The molecular formula is C34H20LiN2OS+. The van der Waals surface area contributed by atoms with Crippen molar-refractivity contribution in [1.29, 1.82) is 0 Å². The van der Waals surface area contributed by atoms with E-state index < -0.39 is 0 Å². The monoisotopic (exact) mass is 511 g/mol. The maximum Gasteiger partial charge on any atom is 1.00 e. The van der Waals surface area contributed by atoms with Gasteiger partial charge in [-0.3, -0.25) is 0 Å². The van der Waals surface area contributed by atoms with Crippen molar-refractivity contribution in [1.82, 2.24) is 4.98 Å². The van der Waals surface area contributed by atoms with Gasteiger partial charge in [0.05, 0.1) is 15.6 Å². The third-order valence-corrected chi connectivity index (χ3v) is 8.56. The SMILES string of the molecule is [Li+].[O-]c1ccc(-c2c3ccccc3cc3c2ccc2c(-c4nc5ccccc5s4)cccc23)c2ccc[nH+]c12. The second kappa shape index (κ2) is 9.22. The molecule has 0 amide bonds. The summed E-state index contributed by atoms with van der Waals surface area (Å²) in [5.74, 6) is -0.000168. The fourth-order valence-corrected chi connectivity index (χ4v) is 6.79. The van der Waals surface area contributed by atoms with Crippen molar-refractivity contribution in [2.24, 2.45) is 0 Å². The number of aromatic nitrogens is 2. The molecule has 0 fully saturated rings. The van der Waals surface area contributed by atoms with Crippen LogP contribution < -0.4 is 29.0 Å². The molecule has 1 N–H and O–H groups in total. The molecule has 2 heterocycles. The number of pyridine rings is 1. The number of rotatable bonds is 2. The van der Waals surface area contributed by atoms with Gasteiger partial charge in [-0.2, -0.15) is 0 Å². The first-order valence-electron chi connectivity index (χ1n) is 12.6. The molecule has 8 aromatic rings. The second-order valence-electron chi connectivity index (χ2n) is 9.59. The molecule has 8 rings (SSSR count). The van der Waals surface area contributed by atoms with Crippen LogP contribution in [-0.4, -0.2) is 4.98 Å². The number of thiazole rings is 1. The fourth-order valence-electron chi connectivity index (χ4n) is 5.79. The van der Waals surface area contributed by atoms with E-state index in [-0.39, 0.29) is 24.6 Å². The average molecular weight is 512 g/mol. The zero-order chi connectivity index (χ0) is 25.2. The smallest absolute Gasteiger partial charge is 0.868 e. The molecule has 6 aromatic carbocycles. The molecule has 0 bridgehead atoms. The van der Waals surface area contributed by atoms with Gasteiger partial charge < -0.3 is 5.11 Å². The van der Waals surface area contributed by atoms with Crippen molar-refractivity contribution in [3.63, 3.8) is 0 Å². The molecule has 0 aliphatic heterocycles. The van der Waals surface area contributed by atoms with Gasteiger partial charge in [0, 0.05) is 11.6 Å². The summed E-state index contributed by atoms with van der Waals surface area (Å²) in [5, 5.41) is 21.7. The van der Waals surface area contributed by atoms with E-state index in [1.807, 2.05) is 30.5 Å². The number of hydrogen-bond acceptors (Lipinski definition) is 3. The van der Waals surface area contributed by atoms with Crippen LogP contribution in [0.4, 0.5) is 0 Å². The molecule has 0 saturated heterocycles. The number of para-hydroxylation sites is 1. The molecule has 0 aliphatic rings. The number of fused-ring (bicyclic) bond motifs is 6. The van der Waals surface area contributed by atoms with E-state index in [0.29, 0.717) is 5.52 Å². The number of nitrogens with one attached hydrogen (secondary N) is 1. The van der Waals surface area contributed by atoms with Crippen LogP contribution in [0.1, 0.15) is 0 Å². The number of nitrogens with zero attached hydrogens (tertiary/aromatic N) is 1. The number of benzene rings is 6. The number of hydrogen-bond donors (Lipinski definition) is 0. The van der Waals surface area contributed by atoms with Gasteiger partial charge in [0.2, 0.25) is 5.52 Å². The molecule has 2 aromatic heterocycles. The Kier molecular flexibility index (Phi) is 5.64. The van der Waals surface area contributed by atoms with Crippen LogP contribution in [0, 0.1) is 0 Å². The Hall–Kier alpha value is -4.20. The zero-order valence-electron chi connectivity index (χ0n) is 21.2. The molecule has 39 heavy (non-hydrogen) atoms. The predicted molar refractivity (Wildman–Crippen MR) is 157 cm³/mol. The Bertz CT molecular complexity index is 2190. The minimum atomic E-state index is -0.000168. The van der Waals surface area contributed by atoms with Gasteiger partial charge in [-0.15, -0.1) is 11.3 Å². The first-order chi connectivity index (χ1) is 18.8. The van der Waals surface area contributed by atoms with E-state index in [0.717, 1.165) is 32.6 Å². The summed E-state index contributed by atoms with van der Waals surface area (Å²) in [5.41, 5.74) is 5.01. The van der Waals surface area contributed by atoms with Crippen molar-refractivity contribution >= 4 is 64.8 Å². The number of aromatic amines is 1. The van der Waals surface area contributed by atoms with Crippen LogP contribution in [0.15, 0.2) is 115 Å². The van der Waals surface area contributed by atoms with Gasteiger partial charge in [0.15, 0.2) is 6.20 Å². The third kappa shape index (κ3) is 3.65. The Morgan fingerprint density at radius 2 is 1.41 bits per heavy atom. The van der Waals surface area contributed by atoms with Crippen LogP contribution >= 0.6 is 11.3 Å². The predicted octanol–water partition coefficient (Wildman–Crippen LogP) is 5.13. The van der Waals surface area contributed by atoms with E-state index in [1.165, 1.54) is 37.0 Å². The van der Waals surface area contributed by atoms with Crippen LogP contribution in [0.2, 0.25) is 0 Å². The fraction of sp³-hybridized carbons (Fsp3) is 0. The molecule has 0 atom stereocenters. The van der Waals surface area contributed by atoms with E-state index in [4.69, 9.17) is 4.98 Å². The number of H-pyrrole nitrogens is 1. The molecule has 5 heteroatoms. The first kappa shape index (κ1) is 23.9. The Balaban J connectivity index is 0.00000253. The summed E-state index contributed by atoms with van der Waals surface area (Å²) >= 11 is 1.73. The molecular weight excluding hydrogens is 491 g/mol. The minimum Gasteiger partial charge on any atom is -0.868 e. The average Bonchev–Trinajstić information content (AvgIpc) is 3.40. The summed E-state index contributed by atoms with van der Waals surface area (Å²) in [7, 11) is 0. The van der Waals surface area contributed by atoms with Gasteiger partial charge in [-0.1, -0.05) is 78.9 Å². The Labute approximate surface area is 240 Å². The van der Waals surface area contributed by atoms with Crippen molar-refractivity contribution in [2.75, 3.05) is 0 Å². The van der Waals surface area contributed by atoms with Crippen LogP contribution in [0.3, 0.4) is 0 Å². The van der Waals surface area contributed by atoms with E-state index >= 15 is 0 Å². The standard InChI is InChI=1S/C34H20N2OS.Li/c37-30-17-16-24(26-11-6-18-35-33(26)30)32-21-8-2-1-7-20(21)19-28-22-9-5-10-27(23(22)14-15-25(28)32)34-36-29-12-3-4-13-31(29)38-34;/h1-19,37H;/q;+1. The molecule has 0 radical (unpaired) electrons. The molecule has 3 nitrogen and oxygen atoms in total.